The van der Waals surface area contributed by atoms with Gasteiger partial charge in [-0.15, -0.1) is 0 Å². The van der Waals surface area contributed by atoms with E-state index in [2.05, 4.69) is 43.8 Å². The van der Waals surface area contributed by atoms with Crippen LogP contribution in [0.5, 0.6) is 6.01 Å². The molecule has 0 amide bonds. The van der Waals surface area contributed by atoms with Crippen molar-refractivity contribution in [2.45, 2.75) is 20.8 Å². The van der Waals surface area contributed by atoms with E-state index in [1.807, 2.05) is 20.8 Å². The highest BCUT2D eigenvalue weighted by Gasteiger charge is 2.07. The van der Waals surface area contributed by atoms with E-state index in [-0.39, 0.29) is 6.01 Å². The Labute approximate surface area is 118 Å². The van der Waals surface area contributed by atoms with Crippen LogP contribution in [0.1, 0.15) is 18.1 Å². The first-order valence-electron chi connectivity index (χ1n) is 6.50. The highest BCUT2D eigenvalue weighted by atomic mass is 16.5. The minimum absolute atomic E-state index is 0.281. The number of nitrogens with one attached hydrogen (secondary N) is 2. The standard InChI is InChI=1S/C14H19N5O/c1-5-15-12-17-13(19-14(18-12)20-4)16-11-8-9(2)6-7-10(11)3/h6-8H,5H2,1-4H3,(H2,15,16,17,18,19). The minimum Gasteiger partial charge on any atom is -0.467 e. The van der Waals surface area contributed by atoms with Crippen molar-refractivity contribution in [2.24, 2.45) is 0 Å². The Bertz CT molecular complexity index is 600. The van der Waals surface area contributed by atoms with Gasteiger partial charge in [0.15, 0.2) is 0 Å². The first-order valence-corrected chi connectivity index (χ1v) is 6.50. The van der Waals surface area contributed by atoms with Crippen molar-refractivity contribution in [1.29, 1.82) is 0 Å². The lowest BCUT2D eigenvalue weighted by Gasteiger charge is -2.11. The molecule has 2 rings (SSSR count). The van der Waals surface area contributed by atoms with Gasteiger partial charge in [-0.2, -0.15) is 15.0 Å². The van der Waals surface area contributed by atoms with Gasteiger partial charge in [-0.1, -0.05) is 12.1 Å². The van der Waals surface area contributed by atoms with E-state index in [1.54, 1.807) is 0 Å². The zero-order valence-electron chi connectivity index (χ0n) is 12.2. The average molecular weight is 273 g/mol. The molecule has 2 N–H and O–H groups in total. The van der Waals surface area contributed by atoms with Crippen molar-refractivity contribution in [3.63, 3.8) is 0 Å². The van der Waals surface area contributed by atoms with Crippen LogP contribution in [-0.4, -0.2) is 28.6 Å². The lowest BCUT2D eigenvalue weighted by molar-refractivity contribution is 0.379. The number of anilines is 3. The Morgan fingerprint density at radius 1 is 1.10 bits per heavy atom. The molecular weight excluding hydrogens is 254 g/mol. The summed E-state index contributed by atoms with van der Waals surface area (Å²) < 4.78 is 5.09. The van der Waals surface area contributed by atoms with Gasteiger partial charge in [-0.25, -0.2) is 0 Å². The van der Waals surface area contributed by atoms with Crippen LogP contribution in [0, 0.1) is 13.8 Å². The monoisotopic (exact) mass is 273 g/mol. The van der Waals surface area contributed by atoms with Crippen LogP contribution in [0.25, 0.3) is 0 Å². The molecule has 0 spiro atoms. The Kier molecular flexibility index (Phi) is 4.34. The van der Waals surface area contributed by atoms with Gasteiger partial charge in [0, 0.05) is 12.2 Å². The molecule has 0 aliphatic rings. The van der Waals surface area contributed by atoms with Gasteiger partial charge >= 0.3 is 6.01 Å². The predicted molar refractivity (Wildman–Crippen MR) is 79.7 cm³/mol. The summed E-state index contributed by atoms with van der Waals surface area (Å²) in [5.41, 5.74) is 3.27. The van der Waals surface area contributed by atoms with Gasteiger partial charge in [0.2, 0.25) is 11.9 Å². The lowest BCUT2D eigenvalue weighted by atomic mass is 10.1. The smallest absolute Gasteiger partial charge is 0.322 e. The molecule has 1 aromatic carbocycles. The molecule has 0 aliphatic heterocycles. The zero-order chi connectivity index (χ0) is 14.5. The molecule has 1 aromatic heterocycles. The molecule has 0 fully saturated rings. The maximum atomic E-state index is 5.09. The fourth-order valence-corrected chi connectivity index (χ4v) is 1.73. The molecule has 0 atom stereocenters. The number of benzene rings is 1. The molecule has 0 saturated heterocycles. The zero-order valence-corrected chi connectivity index (χ0v) is 12.2. The Morgan fingerprint density at radius 2 is 1.85 bits per heavy atom. The molecule has 6 heteroatoms. The van der Waals surface area contributed by atoms with Crippen LogP contribution < -0.4 is 15.4 Å². The first-order chi connectivity index (χ1) is 9.62. The third kappa shape index (κ3) is 3.34. The van der Waals surface area contributed by atoms with Gasteiger partial charge < -0.3 is 15.4 Å². The van der Waals surface area contributed by atoms with Crippen LogP contribution in [0.3, 0.4) is 0 Å². The van der Waals surface area contributed by atoms with E-state index >= 15 is 0 Å². The molecule has 6 nitrogen and oxygen atoms in total. The van der Waals surface area contributed by atoms with Gasteiger partial charge in [0.05, 0.1) is 7.11 Å². The number of nitrogens with zero attached hydrogens (tertiary/aromatic N) is 3. The van der Waals surface area contributed by atoms with Crippen molar-refractivity contribution in [3.8, 4) is 6.01 Å². The molecule has 0 bridgehead atoms. The number of aromatic nitrogens is 3. The fraction of sp³-hybridized carbons (Fsp3) is 0.357. The van der Waals surface area contributed by atoms with Crippen LogP contribution in [-0.2, 0) is 0 Å². The maximum absolute atomic E-state index is 5.09. The number of hydrogen-bond acceptors (Lipinski definition) is 6. The van der Waals surface area contributed by atoms with Crippen molar-refractivity contribution in [2.75, 3.05) is 24.3 Å². The Morgan fingerprint density at radius 3 is 2.55 bits per heavy atom. The third-order valence-corrected chi connectivity index (χ3v) is 2.77. The Balaban J connectivity index is 2.32. The molecule has 106 valence electrons. The normalized spacial score (nSPS) is 10.2. The summed E-state index contributed by atoms with van der Waals surface area (Å²) in [5.74, 6) is 0.952. The molecule has 0 unspecified atom stereocenters. The summed E-state index contributed by atoms with van der Waals surface area (Å²) >= 11 is 0. The molecule has 20 heavy (non-hydrogen) atoms. The second-order valence-corrected chi connectivity index (χ2v) is 4.44. The molecular formula is C14H19N5O. The summed E-state index contributed by atoms with van der Waals surface area (Å²) in [6.45, 7) is 6.79. The SMILES string of the molecule is CCNc1nc(Nc2cc(C)ccc2C)nc(OC)n1. The summed E-state index contributed by atoms with van der Waals surface area (Å²) in [6, 6.07) is 6.46. The van der Waals surface area contributed by atoms with E-state index in [1.165, 1.54) is 12.7 Å². The molecule has 0 radical (unpaired) electrons. The minimum atomic E-state index is 0.281. The third-order valence-electron chi connectivity index (χ3n) is 2.77. The maximum Gasteiger partial charge on any atom is 0.322 e. The number of rotatable bonds is 5. The van der Waals surface area contributed by atoms with Crippen molar-refractivity contribution < 1.29 is 4.74 Å². The van der Waals surface area contributed by atoms with E-state index in [4.69, 9.17) is 4.74 Å². The van der Waals surface area contributed by atoms with Crippen LogP contribution in [0.4, 0.5) is 17.6 Å². The van der Waals surface area contributed by atoms with E-state index < -0.39 is 0 Å². The molecule has 0 saturated carbocycles. The number of hydrogen-bond donors (Lipinski definition) is 2. The van der Waals surface area contributed by atoms with E-state index in [0.29, 0.717) is 11.9 Å². The molecule has 1 heterocycles. The van der Waals surface area contributed by atoms with E-state index in [9.17, 15) is 0 Å². The lowest BCUT2D eigenvalue weighted by Crippen LogP contribution is -2.08. The summed E-state index contributed by atoms with van der Waals surface area (Å²) in [4.78, 5) is 12.6. The summed E-state index contributed by atoms with van der Waals surface area (Å²) in [5, 5.41) is 6.26. The largest absolute Gasteiger partial charge is 0.467 e. The quantitative estimate of drug-likeness (QED) is 0.872. The second-order valence-electron chi connectivity index (χ2n) is 4.44. The van der Waals surface area contributed by atoms with Crippen molar-refractivity contribution >= 4 is 17.6 Å². The van der Waals surface area contributed by atoms with Crippen molar-refractivity contribution in [3.05, 3.63) is 29.3 Å². The molecule has 0 aliphatic carbocycles. The summed E-state index contributed by atoms with van der Waals surface area (Å²) in [7, 11) is 1.53. The average Bonchev–Trinajstić information content (AvgIpc) is 2.43. The van der Waals surface area contributed by atoms with Gasteiger partial charge in [0.25, 0.3) is 0 Å². The van der Waals surface area contributed by atoms with Crippen molar-refractivity contribution in [1.82, 2.24) is 15.0 Å². The highest BCUT2D eigenvalue weighted by molar-refractivity contribution is 5.60. The highest BCUT2D eigenvalue weighted by Crippen LogP contribution is 2.21. The van der Waals surface area contributed by atoms with Crippen LogP contribution in [0.15, 0.2) is 18.2 Å². The molecule has 2 aromatic rings. The number of aryl methyl sites for hydroxylation is 2. The topological polar surface area (TPSA) is 72.0 Å². The number of methoxy groups -OCH3 is 1. The van der Waals surface area contributed by atoms with Gasteiger partial charge in [-0.05, 0) is 38.0 Å². The number of ether oxygens (including phenoxy) is 1. The van der Waals surface area contributed by atoms with Gasteiger partial charge in [0.1, 0.15) is 0 Å². The fourth-order valence-electron chi connectivity index (χ4n) is 1.73. The summed E-state index contributed by atoms with van der Waals surface area (Å²) in [6.07, 6.45) is 0. The first kappa shape index (κ1) is 14.0. The van der Waals surface area contributed by atoms with Gasteiger partial charge in [-0.3, -0.25) is 0 Å². The van der Waals surface area contributed by atoms with Crippen LogP contribution in [0.2, 0.25) is 0 Å². The predicted octanol–water partition coefficient (Wildman–Crippen LogP) is 2.67. The Hall–Kier alpha value is -2.37. The van der Waals surface area contributed by atoms with E-state index in [0.717, 1.165) is 17.8 Å². The van der Waals surface area contributed by atoms with Crippen LogP contribution >= 0.6 is 0 Å². The second kappa shape index (κ2) is 6.18.